The molecule has 5 rings (SSSR count). The van der Waals surface area contributed by atoms with E-state index in [0.29, 0.717) is 24.3 Å². The molecule has 0 radical (unpaired) electrons. The van der Waals surface area contributed by atoms with Gasteiger partial charge in [-0.2, -0.15) is 0 Å². The fourth-order valence-electron chi connectivity index (χ4n) is 4.26. The van der Waals surface area contributed by atoms with Gasteiger partial charge in [0, 0.05) is 26.7 Å². The molecule has 0 fully saturated rings. The Kier molecular flexibility index (Phi) is 6.34. The highest BCUT2D eigenvalue weighted by atomic mass is 32.1. The first-order chi connectivity index (χ1) is 16.7. The smallest absolute Gasteiger partial charge is 0.255 e. The number of hydrogen-bond donors (Lipinski definition) is 3. The van der Waals surface area contributed by atoms with Crippen LogP contribution < -0.4 is 10.1 Å². The van der Waals surface area contributed by atoms with Crippen LogP contribution in [0.15, 0.2) is 79.0 Å². The van der Waals surface area contributed by atoms with Crippen molar-refractivity contribution in [2.24, 2.45) is 0 Å². The first kappa shape index (κ1) is 22.2. The number of carbonyl (C=O) groups excluding carboxylic acids is 1. The van der Waals surface area contributed by atoms with Crippen molar-refractivity contribution in [3.63, 3.8) is 0 Å². The van der Waals surface area contributed by atoms with Gasteiger partial charge in [-0.1, -0.05) is 36.4 Å². The average Bonchev–Trinajstić information content (AvgIpc) is 3.48. The summed E-state index contributed by atoms with van der Waals surface area (Å²) >= 11 is 1.70. The number of aromatic nitrogens is 1. The maximum atomic E-state index is 13.4. The highest BCUT2D eigenvalue weighted by Gasteiger charge is 2.20. The summed E-state index contributed by atoms with van der Waals surface area (Å²) in [4.78, 5) is 17.7. The molecule has 1 amide bonds. The molecule has 0 aliphatic carbocycles. The Bertz CT molecular complexity index is 1420. The van der Waals surface area contributed by atoms with Crippen molar-refractivity contribution in [2.75, 3.05) is 13.2 Å². The lowest BCUT2D eigenvalue weighted by molar-refractivity contribution is 0.0913. The summed E-state index contributed by atoms with van der Waals surface area (Å²) in [7, 11) is 0. The summed E-state index contributed by atoms with van der Waals surface area (Å²) in [6.45, 7) is 2.20. The van der Waals surface area contributed by atoms with E-state index in [-0.39, 0.29) is 12.5 Å². The Labute approximate surface area is 202 Å². The van der Waals surface area contributed by atoms with Gasteiger partial charge in [0.25, 0.3) is 5.91 Å². The first-order valence-electron chi connectivity index (χ1n) is 11.4. The molecule has 0 spiro atoms. The van der Waals surface area contributed by atoms with E-state index in [9.17, 15) is 9.90 Å². The highest BCUT2D eigenvalue weighted by Crippen LogP contribution is 2.35. The number of nitrogens with one attached hydrogen (secondary N) is 2. The Hall–Kier alpha value is -3.61. The molecule has 1 unspecified atom stereocenters. The molecule has 0 aliphatic heterocycles. The van der Waals surface area contributed by atoms with Crippen LogP contribution in [-0.2, 0) is 6.42 Å². The minimum absolute atomic E-state index is 0.161. The molecule has 5 nitrogen and oxygen atoms in total. The Balaban J connectivity index is 1.42. The number of H-pyrrole nitrogens is 1. The van der Waals surface area contributed by atoms with Gasteiger partial charge >= 0.3 is 0 Å². The van der Waals surface area contributed by atoms with E-state index in [0.717, 1.165) is 26.9 Å². The van der Waals surface area contributed by atoms with Crippen LogP contribution in [-0.4, -0.2) is 35.3 Å². The van der Waals surface area contributed by atoms with Gasteiger partial charge in [-0.05, 0) is 66.3 Å². The lowest BCUT2D eigenvalue weighted by Crippen LogP contribution is -2.39. The van der Waals surface area contributed by atoms with E-state index in [2.05, 4.69) is 28.5 Å². The number of rotatable bonds is 8. The second kappa shape index (κ2) is 9.71. The highest BCUT2D eigenvalue weighted by molar-refractivity contribution is 7.22. The molecule has 172 valence electrons. The quantitative estimate of drug-likeness (QED) is 0.269. The minimum atomic E-state index is -0.422. The van der Waals surface area contributed by atoms with Gasteiger partial charge < -0.3 is 20.1 Å². The molecule has 3 aromatic carbocycles. The third-order valence-corrected chi connectivity index (χ3v) is 7.10. The molecule has 3 N–H and O–H groups in total. The number of benzene rings is 3. The topological polar surface area (TPSA) is 74.3 Å². The molecule has 2 heterocycles. The van der Waals surface area contributed by atoms with Gasteiger partial charge in [-0.25, -0.2) is 0 Å². The standard InChI is InChI=1S/C28H26N2O3S/c1-2-33-25-12-11-19(27-15-18-7-3-6-10-26(18)34-27)14-23(25)28(32)30-21(17-31)13-20-16-29-24-9-5-4-8-22(20)24/h3-12,14-16,21,29,31H,2,13,17H2,1H3,(H,30,32). The van der Waals surface area contributed by atoms with Crippen molar-refractivity contribution < 1.29 is 14.6 Å². The fraction of sp³-hybridized carbons (Fsp3) is 0.179. The van der Waals surface area contributed by atoms with Crippen molar-refractivity contribution in [1.29, 1.82) is 0 Å². The second-order valence-electron chi connectivity index (χ2n) is 8.21. The fourth-order valence-corrected chi connectivity index (χ4v) is 5.32. The lowest BCUT2D eigenvalue weighted by Gasteiger charge is -2.18. The van der Waals surface area contributed by atoms with E-state index >= 15 is 0 Å². The Morgan fingerprint density at radius 3 is 2.74 bits per heavy atom. The normalized spacial score (nSPS) is 12.2. The van der Waals surface area contributed by atoms with Crippen molar-refractivity contribution in [3.05, 3.63) is 90.1 Å². The number of ether oxygens (including phenoxy) is 1. The predicted octanol–water partition coefficient (Wildman–Crippen LogP) is 5.78. The van der Waals surface area contributed by atoms with Crippen LogP contribution in [0.4, 0.5) is 0 Å². The van der Waals surface area contributed by atoms with Crippen LogP contribution >= 0.6 is 11.3 Å². The maximum Gasteiger partial charge on any atom is 0.255 e. The molecule has 6 heteroatoms. The van der Waals surface area contributed by atoms with Crippen molar-refractivity contribution >= 4 is 38.2 Å². The van der Waals surface area contributed by atoms with Gasteiger partial charge in [-0.15, -0.1) is 11.3 Å². The Morgan fingerprint density at radius 2 is 1.91 bits per heavy atom. The molecular weight excluding hydrogens is 444 g/mol. The summed E-state index contributed by atoms with van der Waals surface area (Å²) in [5.74, 6) is 0.277. The number of amides is 1. The number of para-hydroxylation sites is 1. The van der Waals surface area contributed by atoms with Gasteiger partial charge in [0.05, 0.1) is 24.8 Å². The van der Waals surface area contributed by atoms with Crippen LogP contribution in [0.5, 0.6) is 5.75 Å². The molecule has 5 aromatic rings. The van der Waals surface area contributed by atoms with Crippen LogP contribution in [0.3, 0.4) is 0 Å². The lowest BCUT2D eigenvalue weighted by atomic mass is 10.0. The van der Waals surface area contributed by atoms with Gasteiger partial charge in [0.15, 0.2) is 0 Å². The second-order valence-corrected chi connectivity index (χ2v) is 9.29. The van der Waals surface area contributed by atoms with E-state index in [1.54, 1.807) is 11.3 Å². The van der Waals surface area contributed by atoms with Crippen LogP contribution in [0, 0.1) is 0 Å². The van der Waals surface area contributed by atoms with E-state index in [1.165, 1.54) is 10.1 Å². The molecule has 0 saturated carbocycles. The van der Waals surface area contributed by atoms with Crippen LogP contribution in [0.2, 0.25) is 0 Å². The third kappa shape index (κ3) is 4.42. The molecule has 0 saturated heterocycles. The predicted molar refractivity (Wildman–Crippen MR) is 139 cm³/mol. The van der Waals surface area contributed by atoms with Crippen LogP contribution in [0.1, 0.15) is 22.8 Å². The number of hydrogen-bond acceptors (Lipinski definition) is 4. The van der Waals surface area contributed by atoms with E-state index in [1.807, 2.05) is 67.7 Å². The summed E-state index contributed by atoms with van der Waals surface area (Å²) in [6.07, 6.45) is 2.46. The molecular formula is C28H26N2O3S. The average molecular weight is 471 g/mol. The number of aliphatic hydroxyl groups is 1. The minimum Gasteiger partial charge on any atom is -0.493 e. The van der Waals surface area contributed by atoms with Crippen molar-refractivity contribution in [3.8, 4) is 16.2 Å². The Morgan fingerprint density at radius 1 is 1.09 bits per heavy atom. The monoisotopic (exact) mass is 470 g/mol. The molecule has 1 atom stereocenters. The number of aromatic amines is 1. The number of thiophene rings is 1. The first-order valence-corrected chi connectivity index (χ1v) is 12.2. The van der Waals surface area contributed by atoms with Crippen molar-refractivity contribution in [2.45, 2.75) is 19.4 Å². The third-order valence-electron chi connectivity index (χ3n) is 5.93. The zero-order chi connectivity index (χ0) is 23.5. The van der Waals surface area contributed by atoms with Crippen LogP contribution in [0.25, 0.3) is 31.4 Å². The summed E-state index contributed by atoms with van der Waals surface area (Å²) < 4.78 is 6.97. The molecule has 0 bridgehead atoms. The van der Waals surface area contributed by atoms with E-state index in [4.69, 9.17) is 4.74 Å². The number of aliphatic hydroxyl groups excluding tert-OH is 1. The molecule has 0 aliphatic rings. The SMILES string of the molecule is CCOc1ccc(-c2cc3ccccc3s2)cc1C(=O)NC(CO)Cc1c[nH]c2ccccc12. The number of carbonyl (C=O) groups is 1. The molecule has 34 heavy (non-hydrogen) atoms. The largest absolute Gasteiger partial charge is 0.493 e. The summed E-state index contributed by atoms with van der Waals surface area (Å²) in [5, 5.41) is 15.3. The zero-order valence-corrected chi connectivity index (χ0v) is 19.7. The maximum absolute atomic E-state index is 13.4. The van der Waals surface area contributed by atoms with Gasteiger partial charge in [0.1, 0.15) is 5.75 Å². The van der Waals surface area contributed by atoms with Gasteiger partial charge in [0.2, 0.25) is 0 Å². The van der Waals surface area contributed by atoms with E-state index < -0.39 is 6.04 Å². The molecule has 2 aromatic heterocycles. The van der Waals surface area contributed by atoms with Crippen molar-refractivity contribution in [1.82, 2.24) is 10.3 Å². The zero-order valence-electron chi connectivity index (χ0n) is 18.9. The summed E-state index contributed by atoms with van der Waals surface area (Å²) in [5.41, 5.74) is 3.52. The number of fused-ring (bicyclic) bond motifs is 2. The van der Waals surface area contributed by atoms with Gasteiger partial charge in [-0.3, -0.25) is 4.79 Å². The summed E-state index contributed by atoms with van der Waals surface area (Å²) in [6, 6.07) is 23.7.